The Morgan fingerprint density at radius 2 is 2.10 bits per heavy atom. The van der Waals surface area contributed by atoms with E-state index in [9.17, 15) is 9.59 Å². The predicted octanol–water partition coefficient (Wildman–Crippen LogP) is 1.07. The number of carbonyl (C=O) groups excluding carboxylic acids is 2. The highest BCUT2D eigenvalue weighted by Crippen LogP contribution is 2.19. The van der Waals surface area contributed by atoms with E-state index < -0.39 is 12.1 Å². The number of amides is 1. The molecule has 2 rings (SSSR count). The summed E-state index contributed by atoms with van der Waals surface area (Å²) in [5.74, 6) is -0.537. The molecular formula is C15H20N2O3. The Kier molecular flexibility index (Phi) is 4.74. The molecule has 1 aromatic carbocycles. The monoisotopic (exact) mass is 276 g/mol. The van der Waals surface area contributed by atoms with Gasteiger partial charge in [0, 0.05) is 6.54 Å². The van der Waals surface area contributed by atoms with Crippen molar-refractivity contribution in [3.8, 4) is 0 Å². The van der Waals surface area contributed by atoms with E-state index in [0.29, 0.717) is 13.0 Å². The van der Waals surface area contributed by atoms with Crippen LogP contribution in [0.3, 0.4) is 0 Å². The van der Waals surface area contributed by atoms with Gasteiger partial charge in [-0.15, -0.1) is 0 Å². The van der Waals surface area contributed by atoms with E-state index in [1.807, 2.05) is 30.3 Å². The maximum Gasteiger partial charge on any atom is 0.329 e. The second kappa shape index (κ2) is 6.52. The topological polar surface area (TPSA) is 72.6 Å². The molecule has 0 saturated carbocycles. The first kappa shape index (κ1) is 14.5. The van der Waals surface area contributed by atoms with Crippen molar-refractivity contribution in [3.63, 3.8) is 0 Å². The maximum atomic E-state index is 12.1. The van der Waals surface area contributed by atoms with Crippen LogP contribution in [0.25, 0.3) is 0 Å². The van der Waals surface area contributed by atoms with Crippen LogP contribution in [0, 0.1) is 0 Å². The smallest absolute Gasteiger partial charge is 0.329 e. The van der Waals surface area contributed by atoms with Gasteiger partial charge in [0.15, 0.2) is 0 Å². The summed E-state index contributed by atoms with van der Waals surface area (Å²) in [6.07, 6.45) is 1.45. The fourth-order valence-corrected chi connectivity index (χ4v) is 2.36. The van der Waals surface area contributed by atoms with Gasteiger partial charge in [-0.05, 0) is 25.3 Å². The third-order valence-electron chi connectivity index (χ3n) is 3.42. The molecule has 0 unspecified atom stereocenters. The highest BCUT2D eigenvalue weighted by atomic mass is 16.5. The SMILES string of the molecule is C[C@H](N)C(=O)N1CCC[C@H]1C(=O)OCc1ccccc1. The molecule has 0 aliphatic carbocycles. The van der Waals surface area contributed by atoms with Gasteiger partial charge in [-0.2, -0.15) is 0 Å². The molecule has 1 fully saturated rings. The number of carbonyl (C=O) groups is 2. The first-order valence-corrected chi connectivity index (χ1v) is 6.86. The largest absolute Gasteiger partial charge is 0.459 e. The Morgan fingerprint density at radius 1 is 1.40 bits per heavy atom. The lowest BCUT2D eigenvalue weighted by molar-refractivity contribution is -0.154. The second-order valence-corrected chi connectivity index (χ2v) is 5.07. The van der Waals surface area contributed by atoms with Gasteiger partial charge >= 0.3 is 5.97 Å². The Bertz CT molecular complexity index is 473. The third-order valence-corrected chi connectivity index (χ3v) is 3.42. The summed E-state index contributed by atoms with van der Waals surface area (Å²) >= 11 is 0. The number of esters is 1. The van der Waals surface area contributed by atoms with Crippen molar-refractivity contribution >= 4 is 11.9 Å². The number of nitrogens with two attached hydrogens (primary N) is 1. The molecule has 0 radical (unpaired) electrons. The molecule has 108 valence electrons. The van der Waals surface area contributed by atoms with Gasteiger partial charge in [0.2, 0.25) is 5.91 Å². The molecule has 0 spiro atoms. The first-order chi connectivity index (χ1) is 9.59. The van der Waals surface area contributed by atoms with Crippen LogP contribution >= 0.6 is 0 Å². The molecule has 1 saturated heterocycles. The molecule has 2 N–H and O–H groups in total. The van der Waals surface area contributed by atoms with E-state index in [4.69, 9.17) is 10.5 Å². The van der Waals surface area contributed by atoms with Crippen LogP contribution in [-0.4, -0.2) is 35.4 Å². The van der Waals surface area contributed by atoms with E-state index in [1.54, 1.807) is 6.92 Å². The van der Waals surface area contributed by atoms with Crippen molar-refractivity contribution in [2.24, 2.45) is 5.73 Å². The minimum atomic E-state index is -0.586. The Labute approximate surface area is 118 Å². The van der Waals surface area contributed by atoms with Crippen molar-refractivity contribution in [2.45, 2.75) is 38.5 Å². The number of rotatable bonds is 4. The average Bonchev–Trinajstić information content (AvgIpc) is 2.94. The quantitative estimate of drug-likeness (QED) is 0.835. The minimum absolute atomic E-state index is 0.191. The van der Waals surface area contributed by atoms with Crippen molar-refractivity contribution in [1.82, 2.24) is 4.90 Å². The number of benzene rings is 1. The van der Waals surface area contributed by atoms with Crippen molar-refractivity contribution in [2.75, 3.05) is 6.54 Å². The predicted molar refractivity (Wildman–Crippen MR) is 74.6 cm³/mol. The zero-order valence-electron chi connectivity index (χ0n) is 11.6. The van der Waals surface area contributed by atoms with E-state index >= 15 is 0 Å². The van der Waals surface area contributed by atoms with E-state index in [1.165, 1.54) is 4.90 Å². The van der Waals surface area contributed by atoms with E-state index in [2.05, 4.69) is 0 Å². The fourth-order valence-electron chi connectivity index (χ4n) is 2.36. The van der Waals surface area contributed by atoms with Gasteiger partial charge in [0.1, 0.15) is 12.6 Å². The van der Waals surface area contributed by atoms with Gasteiger partial charge in [-0.3, -0.25) is 4.79 Å². The summed E-state index contributed by atoms with van der Waals surface area (Å²) in [6, 6.07) is 8.41. The van der Waals surface area contributed by atoms with Gasteiger partial charge < -0.3 is 15.4 Å². The summed E-state index contributed by atoms with van der Waals surface area (Å²) in [4.78, 5) is 25.6. The Hall–Kier alpha value is -1.88. The van der Waals surface area contributed by atoms with Gasteiger partial charge in [-0.1, -0.05) is 30.3 Å². The van der Waals surface area contributed by atoms with Crippen LogP contribution in [0.4, 0.5) is 0 Å². The lowest BCUT2D eigenvalue weighted by atomic mass is 10.2. The summed E-state index contributed by atoms with van der Waals surface area (Å²) in [5, 5.41) is 0. The fraction of sp³-hybridized carbons (Fsp3) is 0.467. The van der Waals surface area contributed by atoms with Crippen LogP contribution in [0.2, 0.25) is 0 Å². The molecule has 1 aliphatic rings. The average molecular weight is 276 g/mol. The Balaban J connectivity index is 1.93. The molecule has 1 aromatic rings. The number of hydrogen-bond donors (Lipinski definition) is 1. The van der Waals surface area contributed by atoms with Gasteiger partial charge in [0.05, 0.1) is 6.04 Å². The third kappa shape index (κ3) is 3.36. The molecule has 20 heavy (non-hydrogen) atoms. The van der Waals surface area contributed by atoms with Crippen LogP contribution in [0.15, 0.2) is 30.3 Å². The number of likely N-dealkylation sites (tertiary alicyclic amines) is 1. The number of ether oxygens (including phenoxy) is 1. The first-order valence-electron chi connectivity index (χ1n) is 6.86. The zero-order chi connectivity index (χ0) is 14.5. The molecular weight excluding hydrogens is 256 g/mol. The number of hydrogen-bond acceptors (Lipinski definition) is 4. The maximum absolute atomic E-state index is 12.1. The molecule has 5 nitrogen and oxygen atoms in total. The minimum Gasteiger partial charge on any atom is -0.459 e. The van der Waals surface area contributed by atoms with Gasteiger partial charge in [-0.25, -0.2) is 4.79 Å². The van der Waals surface area contributed by atoms with Crippen LogP contribution < -0.4 is 5.73 Å². The van der Waals surface area contributed by atoms with Crippen molar-refractivity contribution in [1.29, 1.82) is 0 Å². The zero-order valence-corrected chi connectivity index (χ0v) is 11.6. The van der Waals surface area contributed by atoms with Gasteiger partial charge in [0.25, 0.3) is 0 Å². The van der Waals surface area contributed by atoms with Crippen molar-refractivity contribution in [3.05, 3.63) is 35.9 Å². The van der Waals surface area contributed by atoms with Crippen LogP contribution in [0.5, 0.6) is 0 Å². The molecule has 0 bridgehead atoms. The molecule has 1 aliphatic heterocycles. The second-order valence-electron chi connectivity index (χ2n) is 5.07. The molecule has 2 atom stereocenters. The summed E-state index contributed by atoms with van der Waals surface area (Å²) in [7, 11) is 0. The summed E-state index contributed by atoms with van der Waals surface area (Å²) in [6.45, 7) is 2.44. The number of nitrogens with zero attached hydrogens (tertiary/aromatic N) is 1. The molecule has 5 heteroatoms. The van der Waals surface area contributed by atoms with Crippen molar-refractivity contribution < 1.29 is 14.3 Å². The summed E-state index contributed by atoms with van der Waals surface area (Å²) < 4.78 is 5.30. The van der Waals surface area contributed by atoms with Crippen LogP contribution in [-0.2, 0) is 20.9 Å². The normalized spacial score (nSPS) is 19.7. The Morgan fingerprint density at radius 3 is 2.75 bits per heavy atom. The van der Waals surface area contributed by atoms with E-state index in [0.717, 1.165) is 12.0 Å². The highest BCUT2D eigenvalue weighted by Gasteiger charge is 2.36. The lowest BCUT2D eigenvalue weighted by Crippen LogP contribution is -2.47. The lowest BCUT2D eigenvalue weighted by Gasteiger charge is -2.24. The molecule has 1 amide bonds. The summed E-state index contributed by atoms with van der Waals surface area (Å²) in [5.41, 5.74) is 6.53. The molecule has 1 heterocycles. The molecule has 0 aromatic heterocycles. The standard InChI is InChI=1S/C15H20N2O3/c1-11(16)14(18)17-9-5-8-13(17)15(19)20-10-12-6-3-2-4-7-12/h2-4,6-7,11,13H,5,8-10,16H2,1H3/t11-,13-/m0/s1. The van der Waals surface area contributed by atoms with E-state index in [-0.39, 0.29) is 18.5 Å². The highest BCUT2D eigenvalue weighted by molar-refractivity contribution is 5.87. The van der Waals surface area contributed by atoms with Crippen LogP contribution in [0.1, 0.15) is 25.3 Å².